The van der Waals surface area contributed by atoms with Gasteiger partial charge in [-0.3, -0.25) is 0 Å². The van der Waals surface area contributed by atoms with Gasteiger partial charge in [0.15, 0.2) is 0 Å². The first kappa shape index (κ1) is 50.8. The van der Waals surface area contributed by atoms with Gasteiger partial charge in [0, 0.05) is 72.4 Å². The molecule has 16 nitrogen and oxygen atoms in total. The fourth-order valence-electron chi connectivity index (χ4n) is 8.45. The molecule has 1 aliphatic rings. The first-order valence-electron chi connectivity index (χ1n) is 24.9. The van der Waals surface area contributed by atoms with Crippen LogP contribution in [0.5, 0.6) is 23.0 Å². The molecule has 372 valence electrons. The third-order valence-electron chi connectivity index (χ3n) is 11.2. The summed E-state index contributed by atoms with van der Waals surface area (Å²) in [6.45, 7) is 22.2. The summed E-state index contributed by atoms with van der Waals surface area (Å²) in [5.41, 5.74) is 21.9. The number of benzene rings is 4. The van der Waals surface area contributed by atoms with E-state index >= 15 is 0 Å². The summed E-state index contributed by atoms with van der Waals surface area (Å²) < 4.78 is 27.4. The van der Waals surface area contributed by atoms with Crippen LogP contribution in [0, 0.1) is 0 Å². The van der Waals surface area contributed by atoms with Crippen LogP contribution in [0.25, 0.3) is 0 Å². The predicted octanol–water partition coefficient (Wildman–Crippen LogP) is 11.0. The van der Waals surface area contributed by atoms with Gasteiger partial charge in [-0.15, -0.1) is 0 Å². The summed E-state index contributed by atoms with van der Waals surface area (Å²) in [5.74, 6) is 4.92. The SMILES string of the molecule is CCCCNc1nc(N)nc(Nc2cc3c(OC(C)C)c(c2)Cc2cccc(c2OC(C)C)Cc2cc(Nc4nc(N)nc(NCCCC)n4)cc(c2OC(C)C)Cc2cccc(c2OC(C)C)C3)n1. The van der Waals surface area contributed by atoms with Crippen LogP contribution in [0.4, 0.5) is 47.1 Å². The molecule has 1 aliphatic carbocycles. The molecule has 0 aliphatic heterocycles. The quantitative estimate of drug-likeness (QED) is 0.0392. The number of anilines is 8. The lowest BCUT2D eigenvalue weighted by molar-refractivity contribution is 0.233. The van der Waals surface area contributed by atoms with Crippen molar-refractivity contribution in [2.75, 3.05) is 45.8 Å². The number of nitrogens with one attached hydrogen (secondary N) is 4. The maximum atomic E-state index is 6.86. The van der Waals surface area contributed by atoms with E-state index < -0.39 is 0 Å². The van der Waals surface area contributed by atoms with E-state index in [1.54, 1.807) is 0 Å². The van der Waals surface area contributed by atoms with Crippen molar-refractivity contribution < 1.29 is 18.9 Å². The zero-order valence-corrected chi connectivity index (χ0v) is 42.6. The molecule has 2 heterocycles. The lowest BCUT2D eigenvalue weighted by Gasteiger charge is -2.26. The number of aromatic nitrogens is 6. The molecule has 2 aromatic heterocycles. The van der Waals surface area contributed by atoms with Crippen molar-refractivity contribution >= 4 is 47.1 Å². The number of nitrogens with two attached hydrogens (primary N) is 2. The number of nitrogen functional groups attached to an aromatic ring is 2. The molecular weight excluding hydrogens is 881 g/mol. The smallest absolute Gasteiger partial charge is 0.233 e. The van der Waals surface area contributed by atoms with E-state index in [1.165, 1.54) is 0 Å². The zero-order valence-electron chi connectivity index (χ0n) is 42.6. The van der Waals surface area contributed by atoms with E-state index in [-0.39, 0.29) is 36.3 Å². The Morgan fingerprint density at radius 3 is 1.00 bits per heavy atom. The van der Waals surface area contributed by atoms with Crippen LogP contribution in [-0.2, 0) is 25.7 Å². The minimum atomic E-state index is -0.123. The van der Waals surface area contributed by atoms with Gasteiger partial charge >= 0.3 is 0 Å². The monoisotopic (exact) mass is 953 g/mol. The van der Waals surface area contributed by atoms with Crippen molar-refractivity contribution in [1.82, 2.24) is 29.9 Å². The number of unbranched alkanes of at least 4 members (excludes halogenated alkanes) is 2. The standard InChI is InChI=1S/C54H72N12O4/c1-11-13-21-57-51-61-49(55)63-53(65-51)59-43-27-39-23-35-17-15-19-37(45(35)67-31(3)4)25-41-29-44(60-54-64-50(56)62-52(66-54)58-22-14-12-2)30-42(48(41)70-34(9)10)26-38-20-16-18-36(46(38)68-32(5)6)24-40(28-43)47(39)69-33(7)8/h15-20,27-34H,11-14,21-26H2,1-10H3,(H4,55,57,59,61,63,65)(H4,56,58,60,62,64,66). The second-order valence-corrected chi connectivity index (χ2v) is 18.9. The minimum Gasteiger partial charge on any atom is -0.490 e. The van der Waals surface area contributed by atoms with Crippen LogP contribution >= 0.6 is 0 Å². The van der Waals surface area contributed by atoms with Crippen molar-refractivity contribution in [3.05, 3.63) is 105 Å². The van der Waals surface area contributed by atoms with Crippen LogP contribution < -0.4 is 51.7 Å². The van der Waals surface area contributed by atoms with E-state index in [9.17, 15) is 0 Å². The van der Waals surface area contributed by atoms with E-state index in [0.717, 1.165) is 118 Å². The number of nitrogens with zero attached hydrogens (tertiary/aromatic N) is 6. The molecular formula is C54H72N12O4. The highest BCUT2D eigenvalue weighted by molar-refractivity contribution is 5.66. The maximum Gasteiger partial charge on any atom is 0.233 e. The van der Waals surface area contributed by atoms with Crippen molar-refractivity contribution in [1.29, 1.82) is 0 Å². The van der Waals surface area contributed by atoms with Gasteiger partial charge in [0.25, 0.3) is 0 Å². The van der Waals surface area contributed by atoms with Gasteiger partial charge < -0.3 is 51.7 Å². The number of ether oxygens (including phenoxy) is 4. The lowest BCUT2D eigenvalue weighted by Crippen LogP contribution is -2.15. The highest BCUT2D eigenvalue weighted by Crippen LogP contribution is 2.42. The Kier molecular flexibility index (Phi) is 17.0. The van der Waals surface area contributed by atoms with Crippen LogP contribution in [-0.4, -0.2) is 67.4 Å². The van der Waals surface area contributed by atoms with Gasteiger partial charge in [0.05, 0.1) is 24.4 Å². The molecule has 0 unspecified atom stereocenters. The third-order valence-corrected chi connectivity index (χ3v) is 11.2. The molecule has 0 saturated heterocycles. The molecule has 6 aromatic rings. The maximum absolute atomic E-state index is 6.86. The fraction of sp³-hybridized carbons (Fsp3) is 0.444. The molecule has 0 amide bonds. The van der Waals surface area contributed by atoms with Crippen LogP contribution in [0.1, 0.15) is 139 Å². The van der Waals surface area contributed by atoms with Crippen LogP contribution in [0.3, 0.4) is 0 Å². The van der Waals surface area contributed by atoms with Crippen molar-refractivity contribution in [2.24, 2.45) is 0 Å². The molecule has 8 N–H and O–H groups in total. The normalized spacial score (nSPS) is 12.3. The van der Waals surface area contributed by atoms with E-state index in [2.05, 4.69) is 171 Å². The number of hydrogen-bond donors (Lipinski definition) is 6. The topological polar surface area (TPSA) is 214 Å². The molecule has 0 saturated carbocycles. The first-order chi connectivity index (χ1) is 33.6. The summed E-state index contributed by atoms with van der Waals surface area (Å²) in [6.07, 6.45) is 5.45. The van der Waals surface area contributed by atoms with Gasteiger partial charge in [-0.25, -0.2) is 0 Å². The molecule has 0 spiro atoms. The van der Waals surface area contributed by atoms with Crippen LogP contribution in [0.2, 0.25) is 0 Å². The molecule has 70 heavy (non-hydrogen) atoms. The molecule has 7 rings (SSSR count). The summed E-state index contributed by atoms with van der Waals surface area (Å²) in [7, 11) is 0. The van der Waals surface area contributed by atoms with E-state index in [4.69, 9.17) is 40.4 Å². The van der Waals surface area contributed by atoms with Crippen LogP contribution in [0.15, 0.2) is 60.7 Å². The molecule has 0 radical (unpaired) electrons. The minimum absolute atomic E-state index is 0.118. The predicted molar refractivity (Wildman–Crippen MR) is 282 cm³/mol. The largest absolute Gasteiger partial charge is 0.490 e. The Balaban J connectivity index is 1.45. The molecule has 4 aromatic carbocycles. The number of hydrogen-bond acceptors (Lipinski definition) is 16. The Morgan fingerprint density at radius 2 is 0.714 bits per heavy atom. The van der Waals surface area contributed by atoms with Gasteiger partial charge in [-0.2, -0.15) is 29.9 Å². The summed E-state index contributed by atoms with van der Waals surface area (Å²) in [5, 5.41) is 13.6. The van der Waals surface area contributed by atoms with E-state index in [1.807, 2.05) is 0 Å². The summed E-state index contributed by atoms with van der Waals surface area (Å²) in [6, 6.07) is 21.2. The van der Waals surface area contributed by atoms with Gasteiger partial charge in [0.2, 0.25) is 35.7 Å². The Bertz CT molecular complexity index is 2450. The molecule has 0 fully saturated rings. The summed E-state index contributed by atoms with van der Waals surface area (Å²) >= 11 is 0. The van der Waals surface area contributed by atoms with Gasteiger partial charge in [-0.05, 0) is 115 Å². The highest BCUT2D eigenvalue weighted by atomic mass is 16.5. The molecule has 8 bridgehead atoms. The second kappa shape index (κ2) is 23.5. The Labute approximate surface area is 413 Å². The number of para-hydroxylation sites is 2. The zero-order chi connectivity index (χ0) is 49.9. The highest BCUT2D eigenvalue weighted by Gasteiger charge is 2.25. The first-order valence-corrected chi connectivity index (χ1v) is 24.9. The molecule has 0 atom stereocenters. The second-order valence-electron chi connectivity index (χ2n) is 18.9. The third kappa shape index (κ3) is 13.6. The molecule has 16 heteroatoms. The van der Waals surface area contributed by atoms with Gasteiger partial charge in [0.1, 0.15) is 23.0 Å². The summed E-state index contributed by atoms with van der Waals surface area (Å²) in [4.78, 5) is 27.1. The number of fused-ring (bicyclic) bond motifs is 8. The Morgan fingerprint density at radius 1 is 0.429 bits per heavy atom. The van der Waals surface area contributed by atoms with Gasteiger partial charge in [-0.1, -0.05) is 63.1 Å². The van der Waals surface area contributed by atoms with Crippen molar-refractivity contribution in [3.8, 4) is 23.0 Å². The number of rotatable bonds is 20. The fourth-order valence-corrected chi connectivity index (χ4v) is 8.45. The average molecular weight is 953 g/mol. The van der Waals surface area contributed by atoms with E-state index in [0.29, 0.717) is 49.5 Å². The van der Waals surface area contributed by atoms with Crippen molar-refractivity contribution in [3.63, 3.8) is 0 Å². The lowest BCUT2D eigenvalue weighted by atomic mass is 9.90. The average Bonchev–Trinajstić information content (AvgIpc) is 3.27. The van der Waals surface area contributed by atoms with Crippen molar-refractivity contribution in [2.45, 2.75) is 145 Å². The Hall–Kier alpha value is -7.10.